The molecule has 1 N–H and O–H groups in total. The SMILES string of the molecule is Cc1cc(C)cc(OCC(=O)Nc2ccnn2Cc2ccccc2)c1. The Kier molecular flexibility index (Phi) is 5.14. The summed E-state index contributed by atoms with van der Waals surface area (Å²) in [6.45, 7) is 4.56. The molecule has 128 valence electrons. The molecule has 0 aliphatic heterocycles. The molecule has 1 aromatic heterocycles. The quantitative estimate of drug-likeness (QED) is 0.749. The van der Waals surface area contributed by atoms with Crippen LogP contribution in [-0.4, -0.2) is 22.3 Å². The van der Waals surface area contributed by atoms with Crippen LogP contribution < -0.4 is 10.1 Å². The van der Waals surface area contributed by atoms with E-state index in [1.165, 1.54) is 0 Å². The Hall–Kier alpha value is -3.08. The largest absolute Gasteiger partial charge is 0.484 e. The van der Waals surface area contributed by atoms with Gasteiger partial charge in [-0.1, -0.05) is 36.4 Å². The van der Waals surface area contributed by atoms with E-state index in [0.29, 0.717) is 18.1 Å². The molecule has 0 radical (unpaired) electrons. The molecule has 1 heterocycles. The van der Waals surface area contributed by atoms with E-state index in [-0.39, 0.29) is 12.5 Å². The number of carbonyl (C=O) groups excluding carboxylic acids is 1. The Morgan fingerprint density at radius 3 is 2.52 bits per heavy atom. The van der Waals surface area contributed by atoms with Crippen molar-refractivity contribution < 1.29 is 9.53 Å². The molecule has 5 heteroatoms. The zero-order valence-electron chi connectivity index (χ0n) is 14.4. The zero-order chi connectivity index (χ0) is 17.6. The van der Waals surface area contributed by atoms with E-state index < -0.39 is 0 Å². The highest BCUT2D eigenvalue weighted by Gasteiger charge is 2.09. The first kappa shape index (κ1) is 16.8. The van der Waals surface area contributed by atoms with E-state index in [1.807, 2.05) is 56.3 Å². The van der Waals surface area contributed by atoms with E-state index >= 15 is 0 Å². The van der Waals surface area contributed by atoms with E-state index in [4.69, 9.17) is 4.74 Å². The topological polar surface area (TPSA) is 56.1 Å². The van der Waals surface area contributed by atoms with Crippen LogP contribution in [0.4, 0.5) is 5.82 Å². The van der Waals surface area contributed by atoms with E-state index in [0.717, 1.165) is 16.7 Å². The maximum atomic E-state index is 12.2. The number of nitrogens with one attached hydrogen (secondary N) is 1. The molecule has 0 saturated carbocycles. The standard InChI is InChI=1S/C20H21N3O2/c1-15-10-16(2)12-18(11-15)25-14-20(24)22-19-8-9-21-23(19)13-17-6-4-3-5-7-17/h3-12H,13-14H2,1-2H3,(H,22,24). The van der Waals surface area contributed by atoms with E-state index in [9.17, 15) is 4.79 Å². The summed E-state index contributed by atoms with van der Waals surface area (Å²) in [4.78, 5) is 12.2. The average Bonchev–Trinajstić information content (AvgIpc) is 3.00. The lowest BCUT2D eigenvalue weighted by Gasteiger charge is -2.11. The third kappa shape index (κ3) is 4.70. The Bertz CT molecular complexity index is 836. The van der Waals surface area contributed by atoms with Crippen molar-refractivity contribution in [2.45, 2.75) is 20.4 Å². The van der Waals surface area contributed by atoms with E-state index in [1.54, 1.807) is 16.9 Å². The van der Waals surface area contributed by atoms with Crippen molar-refractivity contribution in [3.8, 4) is 5.75 Å². The molecule has 2 aromatic carbocycles. The first-order valence-corrected chi connectivity index (χ1v) is 8.17. The molecular formula is C20H21N3O2. The Morgan fingerprint density at radius 1 is 1.08 bits per heavy atom. The molecule has 0 spiro atoms. The number of aromatic nitrogens is 2. The maximum Gasteiger partial charge on any atom is 0.263 e. The van der Waals surface area contributed by atoms with Crippen LogP contribution in [0.2, 0.25) is 0 Å². The average molecular weight is 335 g/mol. The molecule has 0 aliphatic carbocycles. The monoisotopic (exact) mass is 335 g/mol. The minimum atomic E-state index is -0.214. The van der Waals surface area contributed by atoms with E-state index in [2.05, 4.69) is 16.5 Å². The molecule has 0 bridgehead atoms. The zero-order valence-corrected chi connectivity index (χ0v) is 14.4. The summed E-state index contributed by atoms with van der Waals surface area (Å²) < 4.78 is 7.35. The lowest BCUT2D eigenvalue weighted by molar-refractivity contribution is -0.118. The molecule has 3 aromatic rings. The number of benzene rings is 2. The molecule has 0 fully saturated rings. The number of carbonyl (C=O) groups is 1. The Balaban J connectivity index is 1.59. The molecule has 25 heavy (non-hydrogen) atoms. The van der Waals surface area contributed by atoms with Gasteiger partial charge in [0, 0.05) is 6.07 Å². The minimum absolute atomic E-state index is 0.0423. The van der Waals surface area contributed by atoms with Crippen LogP contribution in [0.3, 0.4) is 0 Å². The number of rotatable bonds is 6. The molecule has 0 unspecified atom stereocenters. The lowest BCUT2D eigenvalue weighted by atomic mass is 10.1. The van der Waals surface area contributed by atoms with Crippen LogP contribution in [-0.2, 0) is 11.3 Å². The fraction of sp³-hybridized carbons (Fsp3) is 0.200. The maximum absolute atomic E-state index is 12.2. The van der Waals surface area contributed by atoms with Gasteiger partial charge in [0.25, 0.3) is 5.91 Å². The predicted octanol–water partition coefficient (Wildman–Crippen LogP) is 3.57. The van der Waals surface area contributed by atoms with Crippen LogP contribution >= 0.6 is 0 Å². The lowest BCUT2D eigenvalue weighted by Crippen LogP contribution is -2.22. The first-order chi connectivity index (χ1) is 12.1. The Morgan fingerprint density at radius 2 is 1.80 bits per heavy atom. The molecule has 3 rings (SSSR count). The van der Waals surface area contributed by atoms with Crippen LogP contribution in [0.15, 0.2) is 60.8 Å². The normalized spacial score (nSPS) is 10.5. The Labute approximate surface area is 147 Å². The molecule has 0 saturated heterocycles. The summed E-state index contributed by atoms with van der Waals surface area (Å²) >= 11 is 0. The summed E-state index contributed by atoms with van der Waals surface area (Å²) in [6, 6.07) is 17.7. The number of hydrogen-bond donors (Lipinski definition) is 1. The fourth-order valence-electron chi connectivity index (χ4n) is 2.67. The number of aryl methyl sites for hydroxylation is 2. The second-order valence-electron chi connectivity index (χ2n) is 6.02. The van der Waals surface area contributed by atoms with Gasteiger partial charge in [0.15, 0.2) is 6.61 Å². The summed E-state index contributed by atoms with van der Waals surface area (Å²) in [6.07, 6.45) is 1.67. The molecule has 5 nitrogen and oxygen atoms in total. The fourth-order valence-corrected chi connectivity index (χ4v) is 2.67. The van der Waals surface area contributed by atoms with Gasteiger partial charge in [-0.15, -0.1) is 0 Å². The first-order valence-electron chi connectivity index (χ1n) is 8.17. The summed E-state index contributed by atoms with van der Waals surface area (Å²) in [7, 11) is 0. The van der Waals surface area contributed by atoms with Crippen molar-refractivity contribution in [3.05, 3.63) is 77.5 Å². The smallest absolute Gasteiger partial charge is 0.263 e. The van der Waals surface area contributed by atoms with Gasteiger partial charge in [-0.3, -0.25) is 4.79 Å². The van der Waals surface area contributed by atoms with Crippen molar-refractivity contribution in [1.82, 2.24) is 9.78 Å². The van der Waals surface area contributed by atoms with Crippen molar-refractivity contribution in [1.29, 1.82) is 0 Å². The summed E-state index contributed by atoms with van der Waals surface area (Å²) in [5.41, 5.74) is 3.33. The highest BCUT2D eigenvalue weighted by Crippen LogP contribution is 2.16. The van der Waals surface area contributed by atoms with Crippen LogP contribution in [0.1, 0.15) is 16.7 Å². The predicted molar refractivity (Wildman–Crippen MR) is 97.8 cm³/mol. The number of amides is 1. The summed E-state index contributed by atoms with van der Waals surface area (Å²) in [5, 5.41) is 7.11. The number of anilines is 1. The van der Waals surface area contributed by atoms with Gasteiger partial charge in [-0.25, -0.2) is 4.68 Å². The van der Waals surface area contributed by atoms with Gasteiger partial charge in [-0.2, -0.15) is 5.10 Å². The molecule has 0 atom stereocenters. The van der Waals surface area contributed by atoms with Crippen LogP contribution in [0.5, 0.6) is 5.75 Å². The molecular weight excluding hydrogens is 314 g/mol. The van der Waals surface area contributed by atoms with Crippen molar-refractivity contribution in [3.63, 3.8) is 0 Å². The van der Waals surface area contributed by atoms with Crippen LogP contribution in [0, 0.1) is 13.8 Å². The second-order valence-corrected chi connectivity index (χ2v) is 6.02. The van der Waals surface area contributed by atoms with Gasteiger partial charge in [-0.05, 0) is 42.7 Å². The summed E-state index contributed by atoms with van der Waals surface area (Å²) in [5.74, 6) is 1.14. The minimum Gasteiger partial charge on any atom is -0.484 e. The molecule has 1 amide bonds. The van der Waals surface area contributed by atoms with Crippen molar-refractivity contribution in [2.75, 3.05) is 11.9 Å². The van der Waals surface area contributed by atoms with Crippen molar-refractivity contribution in [2.24, 2.45) is 0 Å². The second kappa shape index (κ2) is 7.66. The number of ether oxygens (including phenoxy) is 1. The van der Waals surface area contributed by atoms with Crippen molar-refractivity contribution >= 4 is 11.7 Å². The highest BCUT2D eigenvalue weighted by molar-refractivity contribution is 5.91. The van der Waals surface area contributed by atoms with Gasteiger partial charge >= 0.3 is 0 Å². The number of nitrogens with zero attached hydrogens (tertiary/aromatic N) is 2. The van der Waals surface area contributed by atoms with Gasteiger partial charge in [0.1, 0.15) is 11.6 Å². The molecule has 0 aliphatic rings. The number of hydrogen-bond acceptors (Lipinski definition) is 3. The third-order valence-electron chi connectivity index (χ3n) is 3.72. The highest BCUT2D eigenvalue weighted by atomic mass is 16.5. The third-order valence-corrected chi connectivity index (χ3v) is 3.72. The van der Waals surface area contributed by atoms with Gasteiger partial charge in [0.05, 0.1) is 12.7 Å². The van der Waals surface area contributed by atoms with Gasteiger partial charge in [0.2, 0.25) is 0 Å². The van der Waals surface area contributed by atoms with Crippen LogP contribution in [0.25, 0.3) is 0 Å². The van der Waals surface area contributed by atoms with Gasteiger partial charge < -0.3 is 10.1 Å².